The monoisotopic (exact) mass is 368 g/mol. The van der Waals surface area contributed by atoms with Gasteiger partial charge in [0, 0.05) is 12.7 Å². The zero-order valence-electron chi connectivity index (χ0n) is 16.3. The molecule has 1 fully saturated rings. The van der Waals surface area contributed by atoms with E-state index >= 15 is 0 Å². The molecule has 0 aliphatic heterocycles. The van der Waals surface area contributed by atoms with E-state index in [-0.39, 0.29) is 11.1 Å². The van der Waals surface area contributed by atoms with E-state index < -0.39 is 8.32 Å². The minimum Gasteiger partial charge on any atom is -0.404 e. The summed E-state index contributed by atoms with van der Waals surface area (Å²) in [5.74, 6) is 0.453. The Bertz CT molecular complexity index is 631. The molecule has 0 atom stereocenters. The van der Waals surface area contributed by atoms with Crippen LogP contribution in [0.25, 0.3) is 0 Å². The van der Waals surface area contributed by atoms with Crippen molar-refractivity contribution in [3.05, 3.63) is 60.7 Å². The van der Waals surface area contributed by atoms with Crippen LogP contribution in [0.5, 0.6) is 0 Å². The molecule has 2 aromatic carbocycles. The number of aliphatic hydroxyl groups is 1. The lowest BCUT2D eigenvalue weighted by Gasteiger charge is -2.46. The van der Waals surface area contributed by atoms with Crippen LogP contribution >= 0.6 is 0 Å². The fourth-order valence-electron chi connectivity index (χ4n) is 4.37. The van der Waals surface area contributed by atoms with Gasteiger partial charge in [0.05, 0.1) is 0 Å². The van der Waals surface area contributed by atoms with Gasteiger partial charge in [0.25, 0.3) is 8.32 Å². The molecule has 2 nitrogen and oxygen atoms in total. The highest BCUT2D eigenvalue weighted by Crippen LogP contribution is 2.39. The van der Waals surface area contributed by atoms with Crippen molar-refractivity contribution in [3.63, 3.8) is 0 Å². The average Bonchev–Trinajstić information content (AvgIpc) is 2.67. The van der Waals surface area contributed by atoms with Crippen LogP contribution in [0, 0.1) is 5.92 Å². The van der Waals surface area contributed by atoms with E-state index in [1.165, 1.54) is 10.4 Å². The zero-order valence-corrected chi connectivity index (χ0v) is 17.3. The zero-order chi connectivity index (χ0) is 18.6. The third kappa shape index (κ3) is 3.80. The van der Waals surface area contributed by atoms with Crippen LogP contribution in [0.1, 0.15) is 46.5 Å². The normalized spacial score (nSPS) is 21.5. The van der Waals surface area contributed by atoms with Gasteiger partial charge in [-0.05, 0) is 47.0 Å². The number of aliphatic hydroxyl groups excluding tert-OH is 1. The number of hydrogen-bond acceptors (Lipinski definition) is 2. The van der Waals surface area contributed by atoms with Gasteiger partial charge in [0.1, 0.15) is 0 Å². The molecule has 2 aromatic rings. The van der Waals surface area contributed by atoms with Crippen LogP contribution in [0.2, 0.25) is 5.04 Å². The van der Waals surface area contributed by atoms with Gasteiger partial charge in [-0.25, -0.2) is 0 Å². The van der Waals surface area contributed by atoms with Crippen molar-refractivity contribution in [2.75, 3.05) is 6.61 Å². The maximum Gasteiger partial charge on any atom is 0.261 e. The molecular weight excluding hydrogens is 336 g/mol. The quantitative estimate of drug-likeness (QED) is 0.805. The van der Waals surface area contributed by atoms with Crippen LogP contribution in [-0.4, -0.2) is 26.1 Å². The van der Waals surface area contributed by atoms with E-state index in [0.29, 0.717) is 12.5 Å². The van der Waals surface area contributed by atoms with Gasteiger partial charge in [0.2, 0.25) is 0 Å². The Hall–Kier alpha value is -1.42. The first-order chi connectivity index (χ1) is 12.5. The van der Waals surface area contributed by atoms with E-state index in [1.54, 1.807) is 0 Å². The Labute approximate surface area is 159 Å². The first-order valence-electron chi connectivity index (χ1n) is 9.87. The molecule has 26 heavy (non-hydrogen) atoms. The molecule has 3 rings (SSSR count). The van der Waals surface area contributed by atoms with E-state index in [1.807, 2.05) is 0 Å². The highest BCUT2D eigenvalue weighted by atomic mass is 28.4. The summed E-state index contributed by atoms with van der Waals surface area (Å²) in [6, 6.07) is 21.7. The lowest BCUT2D eigenvalue weighted by Crippen LogP contribution is -2.67. The van der Waals surface area contributed by atoms with Crippen LogP contribution in [0.15, 0.2) is 60.7 Å². The number of benzene rings is 2. The summed E-state index contributed by atoms with van der Waals surface area (Å²) in [5.41, 5.74) is 0. The molecule has 1 N–H and O–H groups in total. The molecule has 0 saturated heterocycles. The van der Waals surface area contributed by atoms with Crippen LogP contribution in [-0.2, 0) is 4.43 Å². The maximum atomic E-state index is 9.46. The molecule has 0 amide bonds. The van der Waals surface area contributed by atoms with Crippen LogP contribution in [0.4, 0.5) is 0 Å². The second-order valence-electron chi connectivity index (χ2n) is 8.61. The Balaban J connectivity index is 2.04. The van der Waals surface area contributed by atoms with Crippen LogP contribution < -0.4 is 10.4 Å². The number of hydrogen-bond donors (Lipinski definition) is 1. The molecule has 1 aliphatic carbocycles. The van der Waals surface area contributed by atoms with Gasteiger partial charge in [-0.3, -0.25) is 0 Å². The molecule has 0 aromatic heterocycles. The third-order valence-electron chi connectivity index (χ3n) is 5.81. The van der Waals surface area contributed by atoms with Crippen molar-refractivity contribution in [2.45, 2.75) is 57.6 Å². The third-order valence-corrected chi connectivity index (χ3v) is 10.9. The topological polar surface area (TPSA) is 29.5 Å². The summed E-state index contributed by atoms with van der Waals surface area (Å²) in [7, 11) is -2.43. The minimum atomic E-state index is -2.43. The van der Waals surface area contributed by atoms with E-state index in [2.05, 4.69) is 81.4 Å². The summed E-state index contributed by atoms with van der Waals surface area (Å²) >= 11 is 0. The molecule has 1 saturated carbocycles. The maximum absolute atomic E-state index is 9.46. The highest BCUT2D eigenvalue weighted by Gasteiger charge is 2.51. The van der Waals surface area contributed by atoms with E-state index in [9.17, 15) is 5.11 Å². The van der Waals surface area contributed by atoms with Gasteiger partial charge in [-0.1, -0.05) is 81.4 Å². The second-order valence-corrected chi connectivity index (χ2v) is 12.9. The van der Waals surface area contributed by atoms with Gasteiger partial charge in [-0.15, -0.1) is 0 Å². The standard InChI is InChI=1S/C23H32O2Si/c1-23(2,3)26(21-10-6-4-7-11-21,22-12-8-5-9-13-22)25-20-16-14-19(18-24)15-17-20/h4-13,19-20,24H,14-18H2,1-3H3/t19-,20-. The number of rotatable bonds is 5. The SMILES string of the molecule is CC(C)(C)[Si](O[C@H]1CC[C@H](CO)CC1)(c1ccccc1)c1ccccc1. The van der Waals surface area contributed by atoms with Crippen molar-refractivity contribution < 1.29 is 9.53 Å². The largest absolute Gasteiger partial charge is 0.404 e. The van der Waals surface area contributed by atoms with E-state index in [0.717, 1.165) is 25.7 Å². The van der Waals surface area contributed by atoms with Gasteiger partial charge >= 0.3 is 0 Å². The fourth-order valence-corrected chi connectivity index (χ4v) is 9.12. The lowest BCUT2D eigenvalue weighted by molar-refractivity contribution is 0.0969. The second kappa shape index (κ2) is 8.08. The summed E-state index contributed by atoms with van der Waals surface area (Å²) in [6.45, 7) is 7.31. The molecule has 1 aliphatic rings. The smallest absolute Gasteiger partial charge is 0.261 e. The predicted molar refractivity (Wildman–Crippen MR) is 112 cm³/mol. The Kier molecular flexibility index (Phi) is 6.01. The molecule has 0 spiro atoms. The van der Waals surface area contributed by atoms with Crippen molar-refractivity contribution in [1.82, 2.24) is 0 Å². The minimum absolute atomic E-state index is 0.0313. The fraction of sp³-hybridized carbons (Fsp3) is 0.478. The molecule has 0 unspecified atom stereocenters. The first-order valence-corrected chi connectivity index (χ1v) is 11.8. The average molecular weight is 369 g/mol. The molecule has 3 heteroatoms. The Morgan fingerprint density at radius 3 is 1.69 bits per heavy atom. The summed E-state index contributed by atoms with van der Waals surface area (Å²) in [4.78, 5) is 0. The summed E-state index contributed by atoms with van der Waals surface area (Å²) in [6.07, 6.45) is 4.52. The van der Waals surface area contributed by atoms with Gasteiger partial charge in [-0.2, -0.15) is 0 Å². The molecule has 0 bridgehead atoms. The Morgan fingerprint density at radius 2 is 1.31 bits per heavy atom. The van der Waals surface area contributed by atoms with Crippen LogP contribution in [0.3, 0.4) is 0 Å². The first kappa shape index (κ1) is 19.3. The van der Waals surface area contributed by atoms with Crippen molar-refractivity contribution >= 4 is 18.7 Å². The van der Waals surface area contributed by atoms with Crippen molar-refractivity contribution in [3.8, 4) is 0 Å². The van der Waals surface area contributed by atoms with Crippen molar-refractivity contribution in [1.29, 1.82) is 0 Å². The highest BCUT2D eigenvalue weighted by molar-refractivity contribution is 6.99. The Morgan fingerprint density at radius 1 is 0.846 bits per heavy atom. The van der Waals surface area contributed by atoms with Gasteiger partial charge in [0.15, 0.2) is 0 Å². The van der Waals surface area contributed by atoms with Crippen molar-refractivity contribution in [2.24, 2.45) is 5.92 Å². The molecule has 0 heterocycles. The molecular formula is C23H32O2Si. The summed E-state index contributed by atoms with van der Waals surface area (Å²) in [5, 5.41) is 12.2. The van der Waals surface area contributed by atoms with Gasteiger partial charge < -0.3 is 9.53 Å². The van der Waals surface area contributed by atoms with E-state index in [4.69, 9.17) is 4.43 Å². The summed E-state index contributed by atoms with van der Waals surface area (Å²) < 4.78 is 7.17. The molecule has 0 radical (unpaired) electrons. The predicted octanol–water partition coefficient (Wildman–Crippen LogP) is 4.11. The lowest BCUT2D eigenvalue weighted by atomic mass is 9.88. The molecule has 140 valence electrons.